The molecular formula is C5H10ClNO2. The summed E-state index contributed by atoms with van der Waals surface area (Å²) in [6, 6.07) is -0.847. The fourth-order valence-electron chi connectivity index (χ4n) is 0.290. The largest absolute Gasteiger partial charge is 0.480 e. The Morgan fingerprint density at radius 1 is 1.78 bits per heavy atom. The number of halogens is 1. The molecule has 0 bridgehead atoms. The summed E-state index contributed by atoms with van der Waals surface area (Å²) < 4.78 is 0. The van der Waals surface area contributed by atoms with E-state index in [4.69, 9.17) is 10.8 Å². The molecule has 0 rings (SSSR count). The molecule has 0 radical (unpaired) electrons. The summed E-state index contributed by atoms with van der Waals surface area (Å²) in [4.78, 5) is 9.91. The van der Waals surface area contributed by atoms with Crippen molar-refractivity contribution in [3.8, 4) is 0 Å². The summed E-state index contributed by atoms with van der Waals surface area (Å²) in [5.74, 6) is -0.997. The van der Waals surface area contributed by atoms with Crippen LogP contribution in [0.5, 0.6) is 0 Å². The zero-order chi connectivity index (χ0) is 6.57. The zero-order valence-corrected chi connectivity index (χ0v) is 5.89. The number of rotatable bonds is 2. The fraction of sp³-hybridized carbons (Fsp3) is 0.400. The van der Waals surface area contributed by atoms with E-state index in [1.807, 2.05) is 0 Å². The summed E-state index contributed by atoms with van der Waals surface area (Å²) in [6.45, 7) is 1.72. The van der Waals surface area contributed by atoms with Crippen LogP contribution in [-0.2, 0) is 4.79 Å². The summed E-state index contributed by atoms with van der Waals surface area (Å²) in [6.07, 6.45) is 3.03. The quantitative estimate of drug-likeness (QED) is 0.562. The van der Waals surface area contributed by atoms with Gasteiger partial charge in [0.25, 0.3) is 0 Å². The standard InChI is InChI=1S/C5H9NO2.ClH/c1-2-3-4(6)5(7)8;/h2-4H,6H2,1H3,(H,7,8);1H/b3-2+;. The molecule has 0 saturated heterocycles. The Kier molecular flexibility index (Phi) is 7.01. The number of carboxylic acid groups (broad SMARTS) is 1. The van der Waals surface area contributed by atoms with Gasteiger partial charge in [0.2, 0.25) is 0 Å². The molecule has 0 heterocycles. The number of hydrogen-bond donors (Lipinski definition) is 2. The molecule has 0 aromatic rings. The lowest BCUT2D eigenvalue weighted by atomic mass is 10.3. The van der Waals surface area contributed by atoms with Crippen LogP contribution in [0.4, 0.5) is 0 Å². The summed E-state index contributed by atoms with van der Waals surface area (Å²) >= 11 is 0. The molecule has 9 heavy (non-hydrogen) atoms. The van der Waals surface area contributed by atoms with E-state index in [9.17, 15) is 4.79 Å². The molecule has 0 spiro atoms. The topological polar surface area (TPSA) is 63.3 Å². The second kappa shape index (κ2) is 5.59. The van der Waals surface area contributed by atoms with Crippen LogP contribution >= 0.6 is 12.4 Å². The van der Waals surface area contributed by atoms with E-state index in [2.05, 4.69) is 0 Å². The van der Waals surface area contributed by atoms with Gasteiger partial charge in [-0.15, -0.1) is 12.4 Å². The van der Waals surface area contributed by atoms with E-state index in [0.29, 0.717) is 0 Å². The first kappa shape index (κ1) is 11.3. The third-order valence-corrected chi connectivity index (χ3v) is 0.685. The minimum Gasteiger partial charge on any atom is -0.480 e. The maximum Gasteiger partial charge on any atom is 0.324 e. The molecule has 0 aliphatic heterocycles. The van der Waals surface area contributed by atoms with Gasteiger partial charge in [-0.1, -0.05) is 12.2 Å². The van der Waals surface area contributed by atoms with E-state index >= 15 is 0 Å². The molecular weight excluding hydrogens is 142 g/mol. The van der Waals surface area contributed by atoms with Gasteiger partial charge < -0.3 is 10.8 Å². The van der Waals surface area contributed by atoms with Crippen molar-refractivity contribution in [2.45, 2.75) is 13.0 Å². The molecule has 0 aliphatic rings. The van der Waals surface area contributed by atoms with Crippen LogP contribution in [0, 0.1) is 0 Å². The molecule has 54 valence electrons. The average molecular weight is 152 g/mol. The molecule has 0 amide bonds. The van der Waals surface area contributed by atoms with Crippen LogP contribution in [0.3, 0.4) is 0 Å². The van der Waals surface area contributed by atoms with Crippen molar-refractivity contribution in [3.63, 3.8) is 0 Å². The van der Waals surface area contributed by atoms with E-state index in [1.165, 1.54) is 6.08 Å². The predicted molar refractivity (Wildman–Crippen MR) is 37.7 cm³/mol. The van der Waals surface area contributed by atoms with Gasteiger partial charge >= 0.3 is 5.97 Å². The molecule has 3 N–H and O–H groups in total. The molecule has 0 aromatic carbocycles. The Labute approximate surface area is 60.0 Å². The highest BCUT2D eigenvalue weighted by molar-refractivity contribution is 5.85. The predicted octanol–water partition coefficient (Wildman–Crippen LogP) is 0.396. The Morgan fingerprint density at radius 3 is 2.33 bits per heavy atom. The number of hydrogen-bond acceptors (Lipinski definition) is 2. The van der Waals surface area contributed by atoms with E-state index in [0.717, 1.165) is 0 Å². The molecule has 4 heteroatoms. The first-order valence-electron chi connectivity index (χ1n) is 2.29. The Morgan fingerprint density at radius 2 is 2.22 bits per heavy atom. The van der Waals surface area contributed by atoms with Gasteiger partial charge in [-0.2, -0.15) is 0 Å². The van der Waals surface area contributed by atoms with Gasteiger partial charge in [0, 0.05) is 0 Å². The molecule has 0 fully saturated rings. The monoisotopic (exact) mass is 151 g/mol. The third-order valence-electron chi connectivity index (χ3n) is 0.685. The maximum absolute atomic E-state index is 9.91. The van der Waals surface area contributed by atoms with E-state index in [1.54, 1.807) is 13.0 Å². The molecule has 1 atom stereocenters. The minimum absolute atomic E-state index is 0. The van der Waals surface area contributed by atoms with Crippen molar-refractivity contribution in [1.29, 1.82) is 0 Å². The molecule has 0 aromatic heterocycles. The van der Waals surface area contributed by atoms with Crippen molar-refractivity contribution in [2.75, 3.05) is 0 Å². The second-order valence-corrected chi connectivity index (χ2v) is 1.39. The SMILES string of the molecule is C/C=C/C(N)C(=O)O.Cl. The third kappa shape index (κ3) is 5.33. The van der Waals surface area contributed by atoms with Gasteiger partial charge in [-0.05, 0) is 6.92 Å². The Hall–Kier alpha value is -0.540. The minimum atomic E-state index is -0.997. The highest BCUT2D eigenvalue weighted by Crippen LogP contribution is 1.79. The highest BCUT2D eigenvalue weighted by Gasteiger charge is 2.03. The number of nitrogens with two attached hydrogens (primary N) is 1. The van der Waals surface area contributed by atoms with Gasteiger partial charge in [0.1, 0.15) is 6.04 Å². The second-order valence-electron chi connectivity index (χ2n) is 1.39. The smallest absolute Gasteiger partial charge is 0.324 e. The highest BCUT2D eigenvalue weighted by atomic mass is 35.5. The van der Waals surface area contributed by atoms with Crippen molar-refractivity contribution < 1.29 is 9.90 Å². The summed E-state index contributed by atoms with van der Waals surface area (Å²) in [7, 11) is 0. The normalized spacial score (nSPS) is 12.7. The summed E-state index contributed by atoms with van der Waals surface area (Å²) in [5, 5.41) is 8.14. The molecule has 1 unspecified atom stereocenters. The average Bonchev–Trinajstić information content (AvgIpc) is 1.67. The number of carboxylic acids is 1. The molecule has 0 aliphatic carbocycles. The van der Waals surface area contributed by atoms with Crippen molar-refractivity contribution >= 4 is 18.4 Å². The molecule has 3 nitrogen and oxygen atoms in total. The van der Waals surface area contributed by atoms with Crippen LogP contribution in [0.1, 0.15) is 6.92 Å². The maximum atomic E-state index is 9.91. The summed E-state index contributed by atoms with van der Waals surface area (Å²) in [5.41, 5.74) is 5.04. The van der Waals surface area contributed by atoms with Crippen molar-refractivity contribution in [1.82, 2.24) is 0 Å². The van der Waals surface area contributed by atoms with Crippen molar-refractivity contribution in [3.05, 3.63) is 12.2 Å². The van der Waals surface area contributed by atoms with Crippen LogP contribution in [-0.4, -0.2) is 17.1 Å². The first-order chi connectivity index (χ1) is 3.68. The van der Waals surface area contributed by atoms with Gasteiger partial charge in [0.15, 0.2) is 0 Å². The first-order valence-corrected chi connectivity index (χ1v) is 2.29. The van der Waals surface area contributed by atoms with Crippen LogP contribution in [0.2, 0.25) is 0 Å². The lowest BCUT2D eigenvalue weighted by molar-refractivity contribution is -0.137. The van der Waals surface area contributed by atoms with Gasteiger partial charge in [0.05, 0.1) is 0 Å². The Bertz CT molecular complexity index is 114. The van der Waals surface area contributed by atoms with Crippen molar-refractivity contribution in [2.24, 2.45) is 5.73 Å². The number of carbonyl (C=O) groups is 1. The van der Waals surface area contributed by atoms with E-state index in [-0.39, 0.29) is 12.4 Å². The number of allylic oxidation sites excluding steroid dienone is 1. The lowest BCUT2D eigenvalue weighted by Crippen LogP contribution is -2.27. The lowest BCUT2D eigenvalue weighted by Gasteiger charge is -1.94. The fourth-order valence-corrected chi connectivity index (χ4v) is 0.290. The number of aliphatic carboxylic acids is 1. The zero-order valence-electron chi connectivity index (χ0n) is 5.07. The molecule has 0 saturated carbocycles. The van der Waals surface area contributed by atoms with Crippen LogP contribution in [0.15, 0.2) is 12.2 Å². The van der Waals surface area contributed by atoms with Crippen LogP contribution < -0.4 is 5.73 Å². The van der Waals surface area contributed by atoms with E-state index < -0.39 is 12.0 Å². The van der Waals surface area contributed by atoms with Crippen LogP contribution in [0.25, 0.3) is 0 Å². The van der Waals surface area contributed by atoms with Gasteiger partial charge in [-0.3, -0.25) is 4.79 Å². The van der Waals surface area contributed by atoms with Gasteiger partial charge in [-0.25, -0.2) is 0 Å². The Balaban J connectivity index is 0.